The number of carbonyl (C=O) groups excluding carboxylic acids is 2. The molecule has 0 aromatic rings. The first-order chi connectivity index (χ1) is 6.18. The van der Waals surface area contributed by atoms with Gasteiger partial charge in [0.15, 0.2) is 11.6 Å². The summed E-state index contributed by atoms with van der Waals surface area (Å²) in [6.45, 7) is 1.75. The lowest BCUT2D eigenvalue weighted by molar-refractivity contribution is -0.113. The Morgan fingerprint density at radius 3 is 2.62 bits per heavy atom. The Morgan fingerprint density at radius 2 is 1.85 bits per heavy atom. The average Bonchev–Trinajstić information content (AvgIpc) is 2.12. The molecule has 0 saturated heterocycles. The largest absolute Gasteiger partial charge is 0.290 e. The maximum Gasteiger partial charge on any atom is 0.189 e. The van der Waals surface area contributed by atoms with Crippen molar-refractivity contribution in [3.05, 3.63) is 47.1 Å². The zero-order chi connectivity index (χ0) is 9.42. The lowest BCUT2D eigenvalue weighted by Crippen LogP contribution is -2.13. The summed E-state index contributed by atoms with van der Waals surface area (Å²) in [4.78, 5) is 22.5. The van der Waals surface area contributed by atoms with Gasteiger partial charge in [-0.1, -0.05) is 18.2 Å². The molecule has 0 heterocycles. The maximum absolute atomic E-state index is 11.5. The van der Waals surface area contributed by atoms with Gasteiger partial charge in [0.25, 0.3) is 0 Å². The molecular formula is C11H8O2. The van der Waals surface area contributed by atoms with Crippen LogP contribution in [0.3, 0.4) is 0 Å². The predicted octanol–water partition coefficient (Wildman–Crippen LogP) is 1.51. The summed E-state index contributed by atoms with van der Waals surface area (Å²) < 4.78 is 0. The number of carbonyl (C=O) groups is 2. The van der Waals surface area contributed by atoms with E-state index in [2.05, 4.69) is 0 Å². The predicted molar refractivity (Wildman–Crippen MR) is 49.1 cm³/mol. The van der Waals surface area contributed by atoms with Crippen molar-refractivity contribution in [1.29, 1.82) is 0 Å². The number of Topliss-reactive ketones (excluding diaryl/α,β-unsaturated/α-hetero) is 1. The minimum atomic E-state index is -0.116. The SMILES string of the molecule is CC1=CC=C2C=CC(=O)C=C2C1=O. The highest BCUT2D eigenvalue weighted by Gasteiger charge is 2.20. The van der Waals surface area contributed by atoms with Gasteiger partial charge in [-0.25, -0.2) is 0 Å². The van der Waals surface area contributed by atoms with Gasteiger partial charge in [-0.05, 0) is 30.2 Å². The Morgan fingerprint density at radius 1 is 1.08 bits per heavy atom. The van der Waals surface area contributed by atoms with Gasteiger partial charge in [0.1, 0.15) is 0 Å². The molecule has 0 aromatic carbocycles. The standard InChI is InChI=1S/C11H8O2/c1-7-2-3-8-4-5-9(12)6-10(8)11(7)13/h2-6H,1H3. The second kappa shape index (κ2) is 2.66. The molecule has 0 atom stereocenters. The van der Waals surface area contributed by atoms with Crippen LogP contribution in [0.15, 0.2) is 47.1 Å². The van der Waals surface area contributed by atoms with Gasteiger partial charge in [-0.2, -0.15) is 0 Å². The number of fused-ring (bicyclic) bond motifs is 1. The van der Waals surface area contributed by atoms with E-state index in [1.807, 2.05) is 6.08 Å². The third-order valence-corrected chi connectivity index (χ3v) is 2.14. The molecular weight excluding hydrogens is 164 g/mol. The number of hydrogen-bond donors (Lipinski definition) is 0. The Balaban J connectivity index is 2.55. The molecule has 2 aliphatic carbocycles. The van der Waals surface area contributed by atoms with E-state index < -0.39 is 0 Å². The monoisotopic (exact) mass is 172 g/mol. The second-order valence-corrected chi connectivity index (χ2v) is 3.09. The Labute approximate surface area is 75.9 Å². The van der Waals surface area contributed by atoms with Crippen LogP contribution in [0.25, 0.3) is 0 Å². The maximum atomic E-state index is 11.5. The van der Waals surface area contributed by atoms with Gasteiger partial charge in [-0.3, -0.25) is 9.59 Å². The van der Waals surface area contributed by atoms with Crippen molar-refractivity contribution in [3.63, 3.8) is 0 Å². The first-order valence-corrected chi connectivity index (χ1v) is 4.06. The molecule has 2 nitrogen and oxygen atoms in total. The molecule has 13 heavy (non-hydrogen) atoms. The molecule has 0 aromatic heterocycles. The normalized spacial score (nSPS) is 20.5. The molecule has 2 rings (SSSR count). The quantitative estimate of drug-likeness (QED) is 0.555. The number of hydrogen-bond acceptors (Lipinski definition) is 2. The van der Waals surface area contributed by atoms with Crippen molar-refractivity contribution in [2.75, 3.05) is 0 Å². The third kappa shape index (κ3) is 1.20. The fourth-order valence-corrected chi connectivity index (χ4v) is 1.38. The lowest BCUT2D eigenvalue weighted by Gasteiger charge is -2.14. The molecule has 0 N–H and O–H groups in total. The van der Waals surface area contributed by atoms with Crippen molar-refractivity contribution in [3.8, 4) is 0 Å². The van der Waals surface area contributed by atoms with Crippen LogP contribution in [-0.4, -0.2) is 11.6 Å². The minimum absolute atomic E-state index is 0.0461. The molecule has 0 spiro atoms. The van der Waals surface area contributed by atoms with Crippen molar-refractivity contribution in [2.24, 2.45) is 0 Å². The van der Waals surface area contributed by atoms with E-state index in [9.17, 15) is 9.59 Å². The molecule has 0 aliphatic heterocycles. The van der Waals surface area contributed by atoms with E-state index in [1.165, 1.54) is 12.2 Å². The summed E-state index contributed by atoms with van der Waals surface area (Å²) in [7, 11) is 0. The summed E-state index contributed by atoms with van der Waals surface area (Å²) in [5.74, 6) is -0.162. The van der Waals surface area contributed by atoms with Crippen LogP contribution < -0.4 is 0 Å². The summed E-state index contributed by atoms with van der Waals surface area (Å²) in [6, 6.07) is 0. The summed E-state index contributed by atoms with van der Waals surface area (Å²) in [6.07, 6.45) is 8.17. The van der Waals surface area contributed by atoms with E-state index in [0.29, 0.717) is 11.1 Å². The molecule has 0 amide bonds. The number of allylic oxidation sites excluding steroid dienone is 8. The van der Waals surface area contributed by atoms with Crippen LogP contribution in [0.1, 0.15) is 6.92 Å². The van der Waals surface area contributed by atoms with Gasteiger partial charge in [0.2, 0.25) is 0 Å². The molecule has 0 saturated carbocycles. The van der Waals surface area contributed by atoms with Crippen LogP contribution in [0, 0.1) is 0 Å². The van der Waals surface area contributed by atoms with Crippen LogP contribution in [0.5, 0.6) is 0 Å². The number of rotatable bonds is 0. The topological polar surface area (TPSA) is 34.1 Å². The van der Waals surface area contributed by atoms with Gasteiger partial charge in [-0.15, -0.1) is 0 Å². The average molecular weight is 172 g/mol. The van der Waals surface area contributed by atoms with Crippen LogP contribution in [0.2, 0.25) is 0 Å². The molecule has 0 bridgehead atoms. The van der Waals surface area contributed by atoms with E-state index in [0.717, 1.165) is 5.57 Å². The highest BCUT2D eigenvalue weighted by atomic mass is 16.1. The molecule has 2 heteroatoms. The molecule has 0 radical (unpaired) electrons. The Bertz CT molecular complexity index is 417. The third-order valence-electron chi connectivity index (χ3n) is 2.14. The summed E-state index contributed by atoms with van der Waals surface area (Å²) in [5, 5.41) is 0. The van der Waals surface area contributed by atoms with Gasteiger partial charge in [0.05, 0.1) is 0 Å². The van der Waals surface area contributed by atoms with Crippen molar-refractivity contribution >= 4 is 11.6 Å². The fourth-order valence-electron chi connectivity index (χ4n) is 1.38. The van der Waals surface area contributed by atoms with Crippen LogP contribution in [-0.2, 0) is 9.59 Å². The van der Waals surface area contributed by atoms with E-state index in [1.54, 1.807) is 19.1 Å². The molecule has 64 valence electrons. The van der Waals surface area contributed by atoms with Crippen molar-refractivity contribution in [2.45, 2.75) is 6.92 Å². The summed E-state index contributed by atoms with van der Waals surface area (Å²) in [5.41, 5.74) is 2.03. The second-order valence-electron chi connectivity index (χ2n) is 3.09. The van der Waals surface area contributed by atoms with Gasteiger partial charge < -0.3 is 0 Å². The highest BCUT2D eigenvalue weighted by Crippen LogP contribution is 2.24. The fraction of sp³-hybridized carbons (Fsp3) is 0.0909. The van der Waals surface area contributed by atoms with Crippen LogP contribution >= 0.6 is 0 Å². The minimum Gasteiger partial charge on any atom is -0.290 e. The lowest BCUT2D eigenvalue weighted by atomic mass is 9.88. The number of ketones is 2. The van der Waals surface area contributed by atoms with E-state index in [-0.39, 0.29) is 11.6 Å². The Hall–Kier alpha value is -1.70. The molecule has 2 aliphatic rings. The van der Waals surface area contributed by atoms with Crippen molar-refractivity contribution in [1.82, 2.24) is 0 Å². The van der Waals surface area contributed by atoms with Gasteiger partial charge in [0, 0.05) is 5.57 Å². The van der Waals surface area contributed by atoms with Crippen molar-refractivity contribution < 1.29 is 9.59 Å². The van der Waals surface area contributed by atoms with E-state index >= 15 is 0 Å². The Kier molecular flexibility index (Phi) is 1.62. The first-order valence-electron chi connectivity index (χ1n) is 4.06. The smallest absolute Gasteiger partial charge is 0.189 e. The molecule has 0 unspecified atom stereocenters. The van der Waals surface area contributed by atoms with E-state index in [4.69, 9.17) is 0 Å². The van der Waals surface area contributed by atoms with Crippen LogP contribution in [0.4, 0.5) is 0 Å². The first kappa shape index (κ1) is 7.92. The van der Waals surface area contributed by atoms with Gasteiger partial charge >= 0.3 is 0 Å². The zero-order valence-electron chi connectivity index (χ0n) is 7.20. The highest BCUT2D eigenvalue weighted by molar-refractivity contribution is 6.18. The zero-order valence-corrected chi connectivity index (χ0v) is 7.20. The summed E-state index contributed by atoms with van der Waals surface area (Å²) >= 11 is 0. The molecule has 0 fully saturated rings.